The third kappa shape index (κ3) is 3.82. The van der Waals surface area contributed by atoms with E-state index in [1.165, 1.54) is 0 Å². The van der Waals surface area contributed by atoms with Gasteiger partial charge in [-0.05, 0) is 37.7 Å². The van der Waals surface area contributed by atoms with Crippen LogP contribution in [0.5, 0.6) is 0 Å². The van der Waals surface area contributed by atoms with Gasteiger partial charge in [0.05, 0.1) is 11.8 Å². The number of nitrogens with one attached hydrogen (secondary N) is 1. The zero-order valence-corrected chi connectivity index (χ0v) is 17.1. The van der Waals surface area contributed by atoms with Crippen LogP contribution >= 0.6 is 11.3 Å². The average Bonchev–Trinajstić information content (AvgIpc) is 3.46. The quantitative estimate of drug-likeness (QED) is 0.514. The summed E-state index contributed by atoms with van der Waals surface area (Å²) in [5.74, 6) is 1.83. The summed E-state index contributed by atoms with van der Waals surface area (Å²) in [4.78, 5) is 20.9. The van der Waals surface area contributed by atoms with Crippen molar-refractivity contribution in [3.8, 4) is 11.6 Å². The van der Waals surface area contributed by atoms with Crippen molar-refractivity contribution in [1.29, 1.82) is 0 Å². The Labute approximate surface area is 177 Å². The zero-order chi connectivity index (χ0) is 20.3. The molecule has 30 heavy (non-hydrogen) atoms. The molecule has 1 saturated carbocycles. The maximum absolute atomic E-state index is 12.6. The molecule has 3 aromatic heterocycles. The predicted molar refractivity (Wildman–Crippen MR) is 114 cm³/mol. The van der Waals surface area contributed by atoms with Gasteiger partial charge in [-0.15, -0.1) is 21.5 Å². The molecule has 0 radical (unpaired) electrons. The van der Waals surface area contributed by atoms with E-state index in [1.807, 2.05) is 29.6 Å². The second-order valence-corrected chi connectivity index (χ2v) is 8.52. The number of hydrogen-bond donors (Lipinski definition) is 1. The summed E-state index contributed by atoms with van der Waals surface area (Å²) in [6.07, 6.45) is 8.84. The van der Waals surface area contributed by atoms with Gasteiger partial charge in [0.15, 0.2) is 0 Å². The van der Waals surface area contributed by atoms with E-state index < -0.39 is 0 Å². The molecule has 4 aromatic rings. The Morgan fingerprint density at radius 3 is 2.83 bits per heavy atom. The van der Waals surface area contributed by atoms with Gasteiger partial charge < -0.3 is 9.73 Å². The Bertz CT molecular complexity index is 1150. The second-order valence-electron chi connectivity index (χ2n) is 7.61. The minimum absolute atomic E-state index is 0.0140. The Balaban J connectivity index is 1.15. The molecule has 3 heterocycles. The topological polar surface area (TPSA) is 93.8 Å². The zero-order valence-electron chi connectivity index (χ0n) is 16.3. The Kier molecular flexibility index (Phi) is 5.23. The van der Waals surface area contributed by atoms with Crippen molar-refractivity contribution in [2.45, 2.75) is 31.6 Å². The van der Waals surface area contributed by atoms with Gasteiger partial charge in [-0.2, -0.15) is 0 Å². The largest absolute Gasteiger partial charge is 0.419 e. The van der Waals surface area contributed by atoms with E-state index in [4.69, 9.17) is 4.42 Å². The average molecular weight is 420 g/mol. The minimum atomic E-state index is 0.0140. The van der Waals surface area contributed by atoms with E-state index in [-0.39, 0.29) is 11.8 Å². The lowest BCUT2D eigenvalue weighted by molar-refractivity contribution is 0.0944. The van der Waals surface area contributed by atoms with E-state index in [0.29, 0.717) is 29.9 Å². The fourth-order valence-electron chi connectivity index (χ4n) is 4.01. The molecule has 1 aromatic carbocycles. The number of carbonyl (C=O) groups is 1. The van der Waals surface area contributed by atoms with Crippen molar-refractivity contribution in [2.24, 2.45) is 5.92 Å². The Hall–Kier alpha value is -3.13. The van der Waals surface area contributed by atoms with Crippen LogP contribution in [0.1, 0.15) is 47.8 Å². The van der Waals surface area contributed by atoms with E-state index >= 15 is 0 Å². The minimum Gasteiger partial charge on any atom is -0.419 e. The maximum Gasteiger partial charge on any atom is 0.267 e. The van der Waals surface area contributed by atoms with Gasteiger partial charge in [0.2, 0.25) is 5.89 Å². The SMILES string of the molecule is O=C(NCC1CCC(c2nnc(-c3cnccn3)o2)CC1)c1csc2ccccc12. The van der Waals surface area contributed by atoms with Crippen LogP contribution in [0.4, 0.5) is 0 Å². The molecule has 0 saturated heterocycles. The summed E-state index contributed by atoms with van der Waals surface area (Å²) >= 11 is 1.61. The van der Waals surface area contributed by atoms with Crippen molar-refractivity contribution >= 4 is 27.3 Å². The molecular formula is C22H21N5O2S. The molecule has 1 N–H and O–H groups in total. The summed E-state index contributed by atoms with van der Waals surface area (Å²) < 4.78 is 6.98. The highest BCUT2D eigenvalue weighted by molar-refractivity contribution is 7.17. The summed E-state index contributed by atoms with van der Waals surface area (Å²) in [7, 11) is 0. The molecule has 1 aliphatic carbocycles. The highest BCUT2D eigenvalue weighted by Gasteiger charge is 2.27. The number of hydrogen-bond acceptors (Lipinski definition) is 7. The standard InChI is InChI=1S/C22H21N5O2S/c28-20(17-13-30-19-4-2-1-3-16(17)19)25-11-14-5-7-15(8-6-14)21-26-27-22(29-21)18-12-23-9-10-24-18/h1-4,9-10,12-15H,5-8,11H2,(H,25,28). The lowest BCUT2D eigenvalue weighted by atomic mass is 9.82. The summed E-state index contributed by atoms with van der Waals surface area (Å²) in [5.41, 5.74) is 1.36. The van der Waals surface area contributed by atoms with Crippen LogP contribution in [0.3, 0.4) is 0 Å². The number of fused-ring (bicyclic) bond motifs is 1. The molecule has 0 aliphatic heterocycles. The normalized spacial score (nSPS) is 19.1. The smallest absolute Gasteiger partial charge is 0.267 e. The molecule has 0 unspecified atom stereocenters. The molecule has 152 valence electrons. The molecule has 1 fully saturated rings. The highest BCUT2D eigenvalue weighted by Crippen LogP contribution is 2.35. The number of carbonyl (C=O) groups excluding carboxylic acids is 1. The van der Waals surface area contributed by atoms with Crippen LogP contribution in [-0.4, -0.2) is 32.6 Å². The van der Waals surface area contributed by atoms with Gasteiger partial charge in [0, 0.05) is 40.3 Å². The first-order valence-electron chi connectivity index (χ1n) is 10.1. The van der Waals surface area contributed by atoms with Crippen molar-refractivity contribution in [3.63, 3.8) is 0 Å². The van der Waals surface area contributed by atoms with Gasteiger partial charge >= 0.3 is 0 Å². The molecule has 0 spiro atoms. The summed E-state index contributed by atoms with van der Waals surface area (Å²) in [5, 5.41) is 14.4. The number of rotatable bonds is 5. The lowest BCUT2D eigenvalue weighted by Crippen LogP contribution is -2.31. The Morgan fingerprint density at radius 2 is 2.00 bits per heavy atom. The number of nitrogens with zero attached hydrogens (tertiary/aromatic N) is 4. The number of amides is 1. The molecule has 1 aliphatic rings. The molecule has 8 heteroatoms. The van der Waals surface area contributed by atoms with Crippen LogP contribution in [0.25, 0.3) is 21.7 Å². The molecular weight excluding hydrogens is 398 g/mol. The number of benzene rings is 1. The van der Waals surface area contributed by atoms with Gasteiger partial charge in [-0.25, -0.2) is 4.98 Å². The highest BCUT2D eigenvalue weighted by atomic mass is 32.1. The van der Waals surface area contributed by atoms with Crippen molar-refractivity contribution in [2.75, 3.05) is 6.54 Å². The van der Waals surface area contributed by atoms with Crippen LogP contribution in [0, 0.1) is 5.92 Å². The van der Waals surface area contributed by atoms with Crippen LogP contribution in [0.15, 0.2) is 52.7 Å². The van der Waals surface area contributed by atoms with E-state index in [9.17, 15) is 4.79 Å². The first-order valence-corrected chi connectivity index (χ1v) is 11.0. The number of aromatic nitrogens is 4. The summed E-state index contributed by atoms with van der Waals surface area (Å²) in [6.45, 7) is 0.699. The van der Waals surface area contributed by atoms with Gasteiger partial charge in [0.1, 0.15) is 5.69 Å². The van der Waals surface area contributed by atoms with E-state index in [2.05, 4.69) is 25.5 Å². The first-order chi connectivity index (χ1) is 14.8. The monoisotopic (exact) mass is 419 g/mol. The predicted octanol–water partition coefficient (Wildman–Crippen LogP) is 4.45. The van der Waals surface area contributed by atoms with Crippen molar-refractivity contribution in [1.82, 2.24) is 25.5 Å². The van der Waals surface area contributed by atoms with Crippen molar-refractivity contribution in [3.05, 3.63) is 59.7 Å². The summed E-state index contributed by atoms with van der Waals surface area (Å²) in [6, 6.07) is 8.02. The van der Waals surface area contributed by atoms with Crippen LogP contribution in [0.2, 0.25) is 0 Å². The third-order valence-electron chi connectivity index (χ3n) is 5.70. The number of thiophene rings is 1. The van der Waals surface area contributed by atoms with Gasteiger partial charge in [0.25, 0.3) is 11.8 Å². The van der Waals surface area contributed by atoms with Gasteiger partial charge in [-0.1, -0.05) is 18.2 Å². The lowest BCUT2D eigenvalue weighted by Gasteiger charge is -2.26. The molecule has 0 atom stereocenters. The first kappa shape index (κ1) is 18.9. The third-order valence-corrected chi connectivity index (χ3v) is 6.66. The van der Waals surface area contributed by atoms with E-state index in [1.54, 1.807) is 29.9 Å². The Morgan fingerprint density at radius 1 is 1.13 bits per heavy atom. The van der Waals surface area contributed by atoms with Crippen LogP contribution < -0.4 is 5.32 Å². The molecule has 7 nitrogen and oxygen atoms in total. The van der Waals surface area contributed by atoms with Crippen LogP contribution in [-0.2, 0) is 0 Å². The van der Waals surface area contributed by atoms with E-state index in [0.717, 1.165) is 41.3 Å². The van der Waals surface area contributed by atoms with Crippen molar-refractivity contribution < 1.29 is 9.21 Å². The fourth-order valence-corrected chi connectivity index (χ4v) is 4.95. The van der Waals surface area contributed by atoms with Gasteiger partial charge in [-0.3, -0.25) is 9.78 Å². The molecule has 1 amide bonds. The molecule has 0 bridgehead atoms. The molecule has 5 rings (SSSR count). The fraction of sp³-hybridized carbons (Fsp3) is 0.318. The second kappa shape index (κ2) is 8.31. The maximum atomic E-state index is 12.6.